The molecule has 128 valence electrons. The van der Waals surface area contributed by atoms with Gasteiger partial charge in [0.15, 0.2) is 5.60 Å². The Morgan fingerprint density at radius 2 is 1.42 bits per heavy atom. The minimum Gasteiger partial charge on any atom is -0.507 e. The highest BCUT2D eigenvalue weighted by Gasteiger charge is 2.47. The molecule has 1 aliphatic carbocycles. The van der Waals surface area contributed by atoms with Crippen LogP contribution in [0.2, 0.25) is 0 Å². The molecule has 5 heteroatoms. The predicted octanol–water partition coefficient (Wildman–Crippen LogP) is 2.76. The van der Waals surface area contributed by atoms with Crippen molar-refractivity contribution in [2.24, 2.45) is 5.10 Å². The Hall–Kier alpha value is -3.44. The molecule has 0 unspecified atom stereocenters. The molecule has 3 aromatic rings. The molecule has 0 saturated heterocycles. The van der Waals surface area contributed by atoms with Gasteiger partial charge < -0.3 is 10.2 Å². The highest BCUT2D eigenvalue weighted by Crippen LogP contribution is 2.47. The fourth-order valence-electron chi connectivity index (χ4n) is 3.29. The Bertz CT molecular complexity index is 982. The minimum atomic E-state index is -1.82. The van der Waals surface area contributed by atoms with Crippen LogP contribution in [-0.4, -0.2) is 22.3 Å². The number of carbonyl (C=O) groups excluding carboxylic acids is 1. The van der Waals surface area contributed by atoms with Gasteiger partial charge in [-0.25, -0.2) is 5.43 Å². The molecule has 0 spiro atoms. The van der Waals surface area contributed by atoms with Crippen molar-refractivity contribution in [3.63, 3.8) is 0 Å². The number of benzene rings is 3. The number of carbonyl (C=O) groups is 1. The molecule has 1 aliphatic rings. The van der Waals surface area contributed by atoms with Gasteiger partial charge in [0.25, 0.3) is 5.91 Å². The second-order valence-electron chi connectivity index (χ2n) is 6.06. The van der Waals surface area contributed by atoms with Gasteiger partial charge in [-0.1, -0.05) is 60.7 Å². The third-order valence-corrected chi connectivity index (χ3v) is 4.56. The monoisotopic (exact) mass is 344 g/mol. The van der Waals surface area contributed by atoms with Gasteiger partial charge in [-0.05, 0) is 23.3 Å². The number of hydrogen-bond donors (Lipinski definition) is 3. The third-order valence-electron chi connectivity index (χ3n) is 4.56. The number of para-hydroxylation sites is 1. The highest BCUT2D eigenvalue weighted by molar-refractivity contribution is 5.99. The number of aromatic hydroxyl groups is 1. The molecule has 3 aromatic carbocycles. The van der Waals surface area contributed by atoms with Crippen LogP contribution in [0.3, 0.4) is 0 Å². The van der Waals surface area contributed by atoms with Crippen molar-refractivity contribution in [2.75, 3.05) is 0 Å². The fraction of sp³-hybridized carbons (Fsp3) is 0.0476. The van der Waals surface area contributed by atoms with E-state index < -0.39 is 11.5 Å². The van der Waals surface area contributed by atoms with Crippen LogP contribution < -0.4 is 5.43 Å². The molecule has 1 amide bonds. The molecule has 0 heterocycles. The maximum absolute atomic E-state index is 12.8. The zero-order valence-electron chi connectivity index (χ0n) is 13.8. The molecule has 0 aliphatic heterocycles. The van der Waals surface area contributed by atoms with Crippen molar-refractivity contribution >= 4 is 12.1 Å². The van der Waals surface area contributed by atoms with E-state index in [2.05, 4.69) is 10.5 Å². The summed E-state index contributed by atoms with van der Waals surface area (Å²) in [6.07, 6.45) is 1.34. The molecule has 0 radical (unpaired) electrons. The molecule has 3 N–H and O–H groups in total. The molecule has 0 bridgehead atoms. The van der Waals surface area contributed by atoms with Gasteiger partial charge in [-0.3, -0.25) is 4.79 Å². The lowest BCUT2D eigenvalue weighted by atomic mass is 9.91. The highest BCUT2D eigenvalue weighted by atomic mass is 16.3. The fourth-order valence-corrected chi connectivity index (χ4v) is 3.29. The number of phenols is 1. The lowest BCUT2D eigenvalue weighted by molar-refractivity contribution is -0.136. The summed E-state index contributed by atoms with van der Waals surface area (Å²) in [4.78, 5) is 12.8. The lowest BCUT2D eigenvalue weighted by Crippen LogP contribution is -2.42. The SMILES string of the molecule is O=C(N/N=C\c1ccccc1O)C1(O)c2ccccc2-c2ccccc21. The van der Waals surface area contributed by atoms with Crippen LogP contribution in [0.25, 0.3) is 11.1 Å². The van der Waals surface area contributed by atoms with Gasteiger partial charge in [-0.2, -0.15) is 5.10 Å². The first-order valence-corrected chi connectivity index (χ1v) is 8.15. The van der Waals surface area contributed by atoms with Gasteiger partial charge >= 0.3 is 0 Å². The Kier molecular flexibility index (Phi) is 3.78. The Balaban J connectivity index is 1.68. The van der Waals surface area contributed by atoms with Crippen LogP contribution in [0.5, 0.6) is 5.75 Å². The van der Waals surface area contributed by atoms with Crippen molar-refractivity contribution in [2.45, 2.75) is 5.60 Å². The van der Waals surface area contributed by atoms with E-state index in [1.54, 1.807) is 42.5 Å². The Morgan fingerprint density at radius 1 is 0.885 bits per heavy atom. The summed E-state index contributed by atoms with van der Waals surface area (Å²) < 4.78 is 0. The topological polar surface area (TPSA) is 81.9 Å². The van der Waals surface area contributed by atoms with Crippen molar-refractivity contribution < 1.29 is 15.0 Å². The van der Waals surface area contributed by atoms with Gasteiger partial charge in [0.2, 0.25) is 0 Å². The smallest absolute Gasteiger partial charge is 0.281 e. The minimum absolute atomic E-state index is 0.0563. The van der Waals surface area contributed by atoms with Gasteiger partial charge in [0.05, 0.1) is 6.21 Å². The summed E-state index contributed by atoms with van der Waals surface area (Å²) in [6, 6.07) is 21.2. The quantitative estimate of drug-likeness (QED) is 0.505. The number of nitrogens with zero attached hydrogens (tertiary/aromatic N) is 1. The molecule has 0 saturated carbocycles. The van der Waals surface area contributed by atoms with E-state index >= 15 is 0 Å². The van der Waals surface area contributed by atoms with E-state index in [1.165, 1.54) is 12.3 Å². The normalized spacial score (nSPS) is 14.0. The van der Waals surface area contributed by atoms with Crippen LogP contribution in [0.1, 0.15) is 16.7 Å². The number of fused-ring (bicyclic) bond motifs is 3. The van der Waals surface area contributed by atoms with Crippen molar-refractivity contribution in [3.05, 3.63) is 89.5 Å². The second-order valence-corrected chi connectivity index (χ2v) is 6.06. The molecule has 0 aromatic heterocycles. The molecular formula is C21H16N2O3. The van der Waals surface area contributed by atoms with Crippen molar-refractivity contribution in [1.82, 2.24) is 5.43 Å². The first-order chi connectivity index (χ1) is 12.6. The average molecular weight is 344 g/mol. The lowest BCUT2D eigenvalue weighted by Gasteiger charge is -2.23. The number of nitrogens with one attached hydrogen (secondary N) is 1. The number of hydrogen-bond acceptors (Lipinski definition) is 4. The molecule has 0 fully saturated rings. The number of hydrazone groups is 1. The van der Waals surface area contributed by atoms with E-state index in [0.29, 0.717) is 16.7 Å². The van der Waals surface area contributed by atoms with E-state index in [4.69, 9.17) is 0 Å². The summed E-state index contributed by atoms with van der Waals surface area (Å²) in [5.41, 5.74) is 3.74. The summed E-state index contributed by atoms with van der Waals surface area (Å²) >= 11 is 0. The third kappa shape index (κ3) is 2.37. The second kappa shape index (κ2) is 6.13. The van der Waals surface area contributed by atoms with Crippen LogP contribution in [0.15, 0.2) is 77.9 Å². The average Bonchev–Trinajstić information content (AvgIpc) is 2.94. The van der Waals surface area contributed by atoms with E-state index in [-0.39, 0.29) is 5.75 Å². The predicted molar refractivity (Wildman–Crippen MR) is 98.7 cm³/mol. The number of aliphatic hydroxyl groups is 1. The van der Waals surface area contributed by atoms with Gasteiger partial charge in [-0.15, -0.1) is 0 Å². The Labute approximate surface area is 150 Å². The maximum atomic E-state index is 12.8. The standard InChI is InChI=1S/C21H16N2O3/c24-19-12-6-1-7-14(19)13-22-23-20(25)21(26)17-10-4-2-8-15(17)16-9-3-5-11-18(16)21/h1-13,24,26H,(H,23,25)/b22-13-. The van der Waals surface area contributed by atoms with Crippen LogP contribution in [0.4, 0.5) is 0 Å². The molecule has 5 nitrogen and oxygen atoms in total. The van der Waals surface area contributed by atoms with Crippen molar-refractivity contribution in [1.29, 1.82) is 0 Å². The Morgan fingerprint density at radius 3 is 2.04 bits per heavy atom. The zero-order chi connectivity index (χ0) is 18.1. The van der Waals surface area contributed by atoms with E-state index in [1.807, 2.05) is 24.3 Å². The maximum Gasteiger partial charge on any atom is 0.281 e. The van der Waals surface area contributed by atoms with E-state index in [0.717, 1.165) is 11.1 Å². The van der Waals surface area contributed by atoms with Crippen LogP contribution >= 0.6 is 0 Å². The molecule has 0 atom stereocenters. The zero-order valence-corrected chi connectivity index (χ0v) is 13.8. The van der Waals surface area contributed by atoms with E-state index in [9.17, 15) is 15.0 Å². The summed E-state index contributed by atoms with van der Waals surface area (Å²) in [7, 11) is 0. The number of rotatable bonds is 3. The van der Waals surface area contributed by atoms with Gasteiger partial charge in [0.1, 0.15) is 5.75 Å². The van der Waals surface area contributed by atoms with Crippen LogP contribution in [-0.2, 0) is 10.4 Å². The molecule has 4 rings (SSSR count). The molecular weight excluding hydrogens is 328 g/mol. The summed E-state index contributed by atoms with van der Waals surface area (Å²) in [5, 5.41) is 24.9. The first-order valence-electron chi connectivity index (χ1n) is 8.15. The summed E-state index contributed by atoms with van der Waals surface area (Å²) in [6.45, 7) is 0. The molecule has 26 heavy (non-hydrogen) atoms. The van der Waals surface area contributed by atoms with Crippen molar-refractivity contribution in [3.8, 4) is 16.9 Å². The number of phenolic OH excluding ortho intramolecular Hbond substituents is 1. The largest absolute Gasteiger partial charge is 0.507 e. The summed E-state index contributed by atoms with van der Waals surface area (Å²) in [5.74, 6) is -0.595. The number of amides is 1. The van der Waals surface area contributed by atoms with Crippen LogP contribution in [0, 0.1) is 0 Å². The van der Waals surface area contributed by atoms with Gasteiger partial charge in [0, 0.05) is 16.7 Å². The first kappa shape index (κ1) is 16.1.